The molecule has 1 aliphatic heterocycles. The van der Waals surface area contributed by atoms with Crippen molar-refractivity contribution in [2.24, 2.45) is 0 Å². The highest BCUT2D eigenvalue weighted by Crippen LogP contribution is 2.10. The van der Waals surface area contributed by atoms with Crippen molar-refractivity contribution in [3.63, 3.8) is 0 Å². The van der Waals surface area contributed by atoms with E-state index in [-0.39, 0.29) is 0 Å². The minimum atomic E-state index is 0.715. The van der Waals surface area contributed by atoms with E-state index in [1.807, 2.05) is 12.4 Å². The molecule has 3 nitrogen and oxygen atoms in total. The Morgan fingerprint density at radius 2 is 1.79 bits per heavy atom. The van der Waals surface area contributed by atoms with Gasteiger partial charge in [0.1, 0.15) is 0 Å². The molecule has 1 fully saturated rings. The molecule has 2 heterocycles. The maximum absolute atomic E-state index is 5.94. The van der Waals surface area contributed by atoms with Crippen LogP contribution in [0, 0.1) is 0 Å². The molecule has 0 N–H and O–H groups in total. The lowest BCUT2D eigenvalue weighted by Gasteiger charge is -2.34. The first-order valence-electron chi connectivity index (χ1n) is 6.56. The minimum absolute atomic E-state index is 0.715. The van der Waals surface area contributed by atoms with E-state index in [0.29, 0.717) is 5.03 Å². The first-order chi connectivity index (χ1) is 9.28. The summed E-state index contributed by atoms with van der Waals surface area (Å²) in [4.78, 5) is 8.87. The van der Waals surface area contributed by atoms with E-state index in [1.54, 1.807) is 0 Å². The molecule has 0 spiro atoms. The van der Waals surface area contributed by atoms with Gasteiger partial charge in [-0.05, 0) is 24.1 Å². The zero-order valence-electron chi connectivity index (χ0n) is 10.9. The summed E-state index contributed by atoms with van der Waals surface area (Å²) in [5, 5.41) is 0.715. The van der Waals surface area contributed by atoms with Crippen LogP contribution in [0.3, 0.4) is 0 Å². The summed E-state index contributed by atoms with van der Waals surface area (Å²) in [6, 6.07) is 4.17. The normalized spacial score (nSPS) is 18.7. The Bertz CT molecular complexity index is 400. The monoisotopic (exact) mass is 299 g/mol. The maximum atomic E-state index is 5.94. The van der Waals surface area contributed by atoms with Crippen molar-refractivity contribution in [2.45, 2.75) is 6.42 Å². The van der Waals surface area contributed by atoms with Crippen LogP contribution in [0.4, 0.5) is 0 Å². The van der Waals surface area contributed by atoms with Gasteiger partial charge in [-0.1, -0.05) is 23.2 Å². The van der Waals surface area contributed by atoms with Crippen LogP contribution in [0.1, 0.15) is 5.56 Å². The lowest BCUT2D eigenvalue weighted by Crippen LogP contribution is -2.47. The van der Waals surface area contributed by atoms with E-state index in [0.717, 1.165) is 45.7 Å². The molecule has 0 saturated carbocycles. The number of hydrogen-bond donors (Lipinski definition) is 0. The molecular formula is C14H19Cl2N3. The zero-order chi connectivity index (χ0) is 13.5. The standard InChI is InChI=1S/C14H19Cl2N3/c15-11-14(16)12-19-9-7-18(8-10-19)6-3-13-1-4-17-5-2-13/h1-2,4-5,11H,3,6-10,12H2/b14-11-. The number of halogens is 2. The highest BCUT2D eigenvalue weighted by atomic mass is 35.5. The van der Waals surface area contributed by atoms with E-state index < -0.39 is 0 Å². The Hall–Kier alpha value is -0.610. The number of rotatable bonds is 5. The molecule has 0 amide bonds. The van der Waals surface area contributed by atoms with Crippen LogP contribution < -0.4 is 0 Å². The molecule has 0 unspecified atom stereocenters. The predicted octanol–water partition coefficient (Wildman–Crippen LogP) is 2.56. The number of nitrogens with zero attached hydrogens (tertiary/aromatic N) is 3. The second-order valence-electron chi connectivity index (χ2n) is 4.78. The quantitative estimate of drug-likeness (QED) is 0.833. The molecule has 0 radical (unpaired) electrons. The van der Waals surface area contributed by atoms with Gasteiger partial charge < -0.3 is 4.90 Å². The van der Waals surface area contributed by atoms with Gasteiger partial charge in [0.25, 0.3) is 0 Å². The largest absolute Gasteiger partial charge is 0.300 e. The molecule has 0 bridgehead atoms. The Kier molecular flexibility index (Phi) is 6.11. The summed E-state index contributed by atoms with van der Waals surface area (Å²) in [6.45, 7) is 6.17. The Labute approximate surface area is 124 Å². The predicted molar refractivity (Wildman–Crippen MR) is 80.6 cm³/mol. The highest BCUT2D eigenvalue weighted by molar-refractivity contribution is 6.36. The summed E-state index contributed by atoms with van der Waals surface area (Å²) >= 11 is 11.5. The van der Waals surface area contributed by atoms with Crippen LogP contribution in [0.5, 0.6) is 0 Å². The van der Waals surface area contributed by atoms with E-state index in [9.17, 15) is 0 Å². The Morgan fingerprint density at radius 3 is 2.42 bits per heavy atom. The molecule has 0 atom stereocenters. The molecule has 1 aromatic heterocycles. The second kappa shape index (κ2) is 7.85. The summed E-state index contributed by atoms with van der Waals surface area (Å²) in [7, 11) is 0. The lowest BCUT2D eigenvalue weighted by molar-refractivity contribution is 0.143. The first-order valence-corrected chi connectivity index (χ1v) is 7.38. The van der Waals surface area contributed by atoms with Crippen molar-refractivity contribution in [1.29, 1.82) is 0 Å². The van der Waals surface area contributed by atoms with Crippen LogP contribution in [0.15, 0.2) is 35.1 Å². The van der Waals surface area contributed by atoms with Gasteiger partial charge in [0.15, 0.2) is 0 Å². The fourth-order valence-corrected chi connectivity index (χ4v) is 2.49. The van der Waals surface area contributed by atoms with Crippen molar-refractivity contribution in [2.75, 3.05) is 39.3 Å². The van der Waals surface area contributed by atoms with Crippen molar-refractivity contribution < 1.29 is 0 Å². The SMILES string of the molecule is Cl/C=C(\Cl)CN1CCN(CCc2ccncc2)CC1. The lowest BCUT2D eigenvalue weighted by atomic mass is 10.2. The highest BCUT2D eigenvalue weighted by Gasteiger charge is 2.16. The fraction of sp³-hybridized carbons (Fsp3) is 0.500. The summed E-state index contributed by atoms with van der Waals surface area (Å²) < 4.78 is 0. The first kappa shape index (κ1) is 14.8. The topological polar surface area (TPSA) is 19.4 Å². The number of hydrogen-bond acceptors (Lipinski definition) is 3. The average molecular weight is 300 g/mol. The Balaban J connectivity index is 1.69. The number of aromatic nitrogens is 1. The molecule has 0 aliphatic carbocycles. The van der Waals surface area contributed by atoms with Crippen LogP contribution in [-0.2, 0) is 6.42 Å². The van der Waals surface area contributed by atoms with Gasteiger partial charge in [-0.3, -0.25) is 9.88 Å². The van der Waals surface area contributed by atoms with E-state index in [1.165, 1.54) is 11.1 Å². The van der Waals surface area contributed by atoms with Gasteiger partial charge in [-0.2, -0.15) is 0 Å². The van der Waals surface area contributed by atoms with Crippen LogP contribution in [-0.4, -0.2) is 54.1 Å². The average Bonchev–Trinajstić information content (AvgIpc) is 2.47. The van der Waals surface area contributed by atoms with Crippen molar-refractivity contribution >= 4 is 23.2 Å². The van der Waals surface area contributed by atoms with E-state index in [4.69, 9.17) is 23.2 Å². The van der Waals surface area contributed by atoms with Gasteiger partial charge >= 0.3 is 0 Å². The molecule has 1 saturated heterocycles. The van der Waals surface area contributed by atoms with Crippen LogP contribution in [0.25, 0.3) is 0 Å². The molecule has 104 valence electrons. The molecule has 1 aromatic rings. The number of pyridine rings is 1. The van der Waals surface area contributed by atoms with Crippen molar-refractivity contribution in [3.05, 3.63) is 40.7 Å². The van der Waals surface area contributed by atoms with Crippen molar-refractivity contribution in [3.8, 4) is 0 Å². The van der Waals surface area contributed by atoms with Gasteiger partial charge in [-0.25, -0.2) is 0 Å². The van der Waals surface area contributed by atoms with E-state index in [2.05, 4.69) is 26.9 Å². The van der Waals surface area contributed by atoms with E-state index >= 15 is 0 Å². The minimum Gasteiger partial charge on any atom is -0.300 e. The van der Waals surface area contributed by atoms with Gasteiger partial charge in [0.2, 0.25) is 0 Å². The van der Waals surface area contributed by atoms with Gasteiger partial charge in [0, 0.05) is 62.2 Å². The molecule has 1 aliphatic rings. The smallest absolute Gasteiger partial charge is 0.0434 e. The third-order valence-corrected chi connectivity index (χ3v) is 4.03. The van der Waals surface area contributed by atoms with Crippen molar-refractivity contribution in [1.82, 2.24) is 14.8 Å². The second-order valence-corrected chi connectivity index (χ2v) is 5.48. The maximum Gasteiger partial charge on any atom is 0.0434 e. The third kappa shape index (κ3) is 5.11. The van der Waals surface area contributed by atoms with Crippen LogP contribution in [0.2, 0.25) is 0 Å². The summed E-state index contributed by atoms with van der Waals surface area (Å²) in [5.41, 5.74) is 2.81. The van der Waals surface area contributed by atoms with Gasteiger partial charge in [0.05, 0.1) is 0 Å². The third-order valence-electron chi connectivity index (χ3n) is 3.42. The summed E-state index contributed by atoms with van der Waals surface area (Å²) in [6.07, 6.45) is 4.80. The molecular weight excluding hydrogens is 281 g/mol. The van der Waals surface area contributed by atoms with Gasteiger partial charge in [-0.15, -0.1) is 0 Å². The zero-order valence-corrected chi connectivity index (χ0v) is 12.4. The molecule has 5 heteroatoms. The molecule has 19 heavy (non-hydrogen) atoms. The molecule has 2 rings (SSSR count). The molecule has 0 aromatic carbocycles. The van der Waals surface area contributed by atoms with Crippen LogP contribution >= 0.6 is 23.2 Å². The number of piperazine rings is 1. The summed E-state index contributed by atoms with van der Waals surface area (Å²) in [5.74, 6) is 0. The fourth-order valence-electron chi connectivity index (χ4n) is 2.26. The Morgan fingerprint density at radius 1 is 1.16 bits per heavy atom.